The smallest absolute Gasteiger partial charge is 0.353 e. The van der Waals surface area contributed by atoms with Gasteiger partial charge in [-0.05, 0) is 12.1 Å². The minimum atomic E-state index is -4.19. The molecule has 1 N–H and O–H groups in total. The maximum atomic E-state index is 11.9. The van der Waals surface area contributed by atoms with Crippen molar-refractivity contribution in [3.63, 3.8) is 0 Å². The fraction of sp³-hybridized carbons (Fsp3) is 0.333. The van der Waals surface area contributed by atoms with Crippen molar-refractivity contribution in [1.82, 2.24) is 14.6 Å². The summed E-state index contributed by atoms with van der Waals surface area (Å²) in [6.45, 7) is -0.256. The van der Waals surface area contributed by atoms with E-state index in [9.17, 15) is 13.2 Å². The zero-order chi connectivity index (χ0) is 12.5. The van der Waals surface area contributed by atoms with Gasteiger partial charge in [0.15, 0.2) is 5.65 Å². The Labute approximate surface area is 99.4 Å². The Kier molecular flexibility index (Phi) is 3.10. The first-order valence-electron chi connectivity index (χ1n) is 4.77. The van der Waals surface area contributed by atoms with Crippen LogP contribution in [0.3, 0.4) is 0 Å². The Bertz CT molecular complexity index is 522. The molecule has 0 aliphatic rings. The Morgan fingerprint density at radius 3 is 2.82 bits per heavy atom. The van der Waals surface area contributed by atoms with Crippen molar-refractivity contribution in [2.24, 2.45) is 0 Å². The number of halogens is 4. The molecule has 0 aromatic carbocycles. The third kappa shape index (κ3) is 3.23. The third-order valence-corrected chi connectivity index (χ3v) is 2.21. The summed E-state index contributed by atoms with van der Waals surface area (Å²) >= 11 is 5.73. The summed E-state index contributed by atoms with van der Waals surface area (Å²) in [6, 6.07) is 3.26. The number of pyridine rings is 1. The lowest BCUT2D eigenvalue weighted by atomic mass is 10.4. The number of alkyl halides is 3. The maximum Gasteiger partial charge on any atom is 0.390 e. The number of hydrogen-bond acceptors (Lipinski definition) is 3. The quantitative estimate of drug-likeness (QED) is 0.927. The normalized spacial score (nSPS) is 12.0. The van der Waals surface area contributed by atoms with Gasteiger partial charge in [-0.1, -0.05) is 11.6 Å². The molecule has 2 aromatic rings. The van der Waals surface area contributed by atoms with Crippen LogP contribution in [0.1, 0.15) is 6.42 Å². The van der Waals surface area contributed by atoms with Crippen molar-refractivity contribution in [1.29, 1.82) is 0 Å². The molecule has 0 bridgehead atoms. The molecule has 8 heteroatoms. The predicted molar refractivity (Wildman–Crippen MR) is 57.2 cm³/mol. The van der Waals surface area contributed by atoms with Crippen LogP contribution in [0.25, 0.3) is 5.65 Å². The summed E-state index contributed by atoms with van der Waals surface area (Å²) < 4.78 is 37.1. The molecule has 17 heavy (non-hydrogen) atoms. The van der Waals surface area contributed by atoms with Gasteiger partial charge in [-0.15, -0.1) is 5.10 Å². The highest BCUT2D eigenvalue weighted by Crippen LogP contribution is 2.19. The maximum absolute atomic E-state index is 11.9. The molecule has 0 unspecified atom stereocenters. The molecule has 0 aliphatic heterocycles. The molecule has 92 valence electrons. The van der Waals surface area contributed by atoms with Crippen LogP contribution in [0.5, 0.6) is 0 Å². The highest BCUT2D eigenvalue weighted by atomic mass is 35.5. The first kappa shape index (κ1) is 12.0. The van der Waals surface area contributed by atoms with Gasteiger partial charge in [-0.3, -0.25) is 0 Å². The first-order valence-corrected chi connectivity index (χ1v) is 5.14. The summed E-state index contributed by atoms with van der Waals surface area (Å²) in [5.41, 5.74) is 0.518. The second kappa shape index (κ2) is 4.40. The van der Waals surface area contributed by atoms with E-state index in [0.717, 1.165) is 0 Å². The summed E-state index contributed by atoms with van der Waals surface area (Å²) in [6.07, 6.45) is -3.59. The van der Waals surface area contributed by atoms with E-state index in [-0.39, 0.29) is 12.5 Å². The Morgan fingerprint density at radius 1 is 1.35 bits per heavy atom. The molecule has 0 radical (unpaired) electrons. The van der Waals surface area contributed by atoms with Crippen LogP contribution in [0.2, 0.25) is 5.02 Å². The van der Waals surface area contributed by atoms with Crippen LogP contribution in [0, 0.1) is 0 Å². The molecular formula is C9H8ClF3N4. The summed E-state index contributed by atoms with van der Waals surface area (Å²) in [5, 5.41) is 6.92. The van der Waals surface area contributed by atoms with Gasteiger partial charge in [-0.2, -0.15) is 18.2 Å². The molecule has 4 nitrogen and oxygen atoms in total. The van der Waals surface area contributed by atoms with Gasteiger partial charge in [0.25, 0.3) is 0 Å². The topological polar surface area (TPSA) is 42.2 Å². The van der Waals surface area contributed by atoms with Crippen molar-refractivity contribution in [2.45, 2.75) is 12.6 Å². The van der Waals surface area contributed by atoms with Crippen molar-refractivity contribution >= 4 is 23.2 Å². The highest BCUT2D eigenvalue weighted by molar-refractivity contribution is 6.30. The molecule has 0 spiro atoms. The highest BCUT2D eigenvalue weighted by Gasteiger charge is 2.26. The van der Waals surface area contributed by atoms with Crippen molar-refractivity contribution in [3.8, 4) is 0 Å². The number of nitrogens with zero attached hydrogens (tertiary/aromatic N) is 3. The fourth-order valence-electron chi connectivity index (χ4n) is 1.25. The monoisotopic (exact) mass is 264 g/mol. The minimum Gasteiger partial charge on any atom is -0.353 e. The number of anilines is 1. The molecule has 0 aliphatic carbocycles. The Balaban J connectivity index is 2.05. The van der Waals surface area contributed by atoms with Crippen LogP contribution in [-0.4, -0.2) is 27.3 Å². The van der Waals surface area contributed by atoms with E-state index in [4.69, 9.17) is 11.6 Å². The lowest BCUT2D eigenvalue weighted by Crippen LogP contribution is -2.15. The van der Waals surface area contributed by atoms with E-state index in [2.05, 4.69) is 15.4 Å². The molecular weight excluding hydrogens is 257 g/mol. The average molecular weight is 265 g/mol. The SMILES string of the molecule is FC(F)(F)CCNc1nc2ccc(Cl)cn2n1. The van der Waals surface area contributed by atoms with E-state index >= 15 is 0 Å². The number of hydrogen-bond donors (Lipinski definition) is 1. The van der Waals surface area contributed by atoms with E-state index < -0.39 is 12.6 Å². The molecule has 0 saturated carbocycles. The van der Waals surface area contributed by atoms with E-state index in [1.807, 2.05) is 0 Å². The van der Waals surface area contributed by atoms with Gasteiger partial charge in [0.1, 0.15) is 0 Å². The van der Waals surface area contributed by atoms with Crippen LogP contribution < -0.4 is 5.32 Å². The first-order chi connectivity index (χ1) is 7.94. The minimum absolute atomic E-state index is 0.150. The van der Waals surface area contributed by atoms with E-state index in [1.165, 1.54) is 10.7 Å². The van der Waals surface area contributed by atoms with Gasteiger partial charge >= 0.3 is 6.18 Å². The molecule has 2 heterocycles. The largest absolute Gasteiger partial charge is 0.390 e. The van der Waals surface area contributed by atoms with Gasteiger partial charge < -0.3 is 5.32 Å². The fourth-order valence-corrected chi connectivity index (χ4v) is 1.40. The van der Waals surface area contributed by atoms with Crippen molar-refractivity contribution in [3.05, 3.63) is 23.4 Å². The van der Waals surface area contributed by atoms with Gasteiger partial charge in [0.05, 0.1) is 11.4 Å². The summed E-state index contributed by atoms with van der Waals surface area (Å²) in [5.74, 6) is 0.150. The number of aromatic nitrogens is 3. The average Bonchev–Trinajstić information content (AvgIpc) is 2.57. The lowest BCUT2D eigenvalue weighted by Gasteiger charge is -2.05. The Morgan fingerprint density at radius 2 is 2.12 bits per heavy atom. The second-order valence-corrected chi connectivity index (χ2v) is 3.81. The number of nitrogens with one attached hydrogen (secondary N) is 1. The third-order valence-electron chi connectivity index (χ3n) is 1.99. The molecule has 0 atom stereocenters. The molecule has 2 aromatic heterocycles. The van der Waals surface area contributed by atoms with Crippen LogP contribution in [0.15, 0.2) is 18.3 Å². The standard InChI is InChI=1S/C9H8ClF3N4/c10-6-1-2-7-15-8(16-17(7)5-6)14-4-3-9(11,12)13/h1-2,5H,3-4H2,(H,14,16). The zero-order valence-corrected chi connectivity index (χ0v) is 9.26. The lowest BCUT2D eigenvalue weighted by molar-refractivity contribution is -0.131. The van der Waals surface area contributed by atoms with E-state index in [1.54, 1.807) is 12.1 Å². The Hall–Kier alpha value is -1.50. The number of rotatable bonds is 3. The van der Waals surface area contributed by atoms with Gasteiger partial charge in [-0.25, -0.2) is 4.52 Å². The number of fused-ring (bicyclic) bond motifs is 1. The molecule has 0 saturated heterocycles. The zero-order valence-electron chi connectivity index (χ0n) is 8.50. The van der Waals surface area contributed by atoms with Gasteiger partial charge in [0, 0.05) is 12.7 Å². The second-order valence-electron chi connectivity index (χ2n) is 3.38. The summed E-state index contributed by atoms with van der Waals surface area (Å²) in [4.78, 5) is 3.99. The van der Waals surface area contributed by atoms with Crippen LogP contribution in [-0.2, 0) is 0 Å². The molecule has 0 amide bonds. The van der Waals surface area contributed by atoms with Gasteiger partial charge in [0.2, 0.25) is 5.95 Å². The molecule has 0 fully saturated rings. The van der Waals surface area contributed by atoms with Crippen LogP contribution in [0.4, 0.5) is 19.1 Å². The summed E-state index contributed by atoms with van der Waals surface area (Å²) in [7, 11) is 0. The van der Waals surface area contributed by atoms with Crippen molar-refractivity contribution in [2.75, 3.05) is 11.9 Å². The van der Waals surface area contributed by atoms with Crippen LogP contribution >= 0.6 is 11.6 Å². The van der Waals surface area contributed by atoms with Crippen molar-refractivity contribution < 1.29 is 13.2 Å². The van der Waals surface area contributed by atoms with E-state index in [0.29, 0.717) is 10.7 Å². The predicted octanol–water partition coefficient (Wildman–Crippen LogP) is 2.75. The molecule has 2 rings (SSSR count).